The predicted molar refractivity (Wildman–Crippen MR) is 94.7 cm³/mol. The maximum Gasteiger partial charge on any atom is 0.243 e. The Kier molecular flexibility index (Phi) is 5.39. The van der Waals surface area contributed by atoms with Gasteiger partial charge in [0.25, 0.3) is 0 Å². The number of ether oxygens (including phenoxy) is 1. The molecule has 0 aromatic heterocycles. The molecule has 2 aromatic rings. The molecule has 1 atom stereocenters. The minimum Gasteiger partial charge on any atom is -0.494 e. The van der Waals surface area contributed by atoms with Crippen LogP contribution < -0.4 is 4.74 Å². The van der Waals surface area contributed by atoms with Gasteiger partial charge in [-0.15, -0.1) is 0 Å². The summed E-state index contributed by atoms with van der Waals surface area (Å²) in [6.07, 6.45) is 2.73. The van der Waals surface area contributed by atoms with Crippen molar-refractivity contribution in [2.75, 3.05) is 20.2 Å². The lowest BCUT2D eigenvalue weighted by Crippen LogP contribution is -2.34. The van der Waals surface area contributed by atoms with Crippen LogP contribution in [0.1, 0.15) is 30.7 Å². The first-order valence-corrected chi connectivity index (χ1v) is 9.85. The second kappa shape index (κ2) is 7.54. The second-order valence-corrected chi connectivity index (χ2v) is 8.20. The molecule has 1 aliphatic rings. The largest absolute Gasteiger partial charge is 0.494 e. The number of hydrogen-bond donors (Lipinski definition) is 0. The van der Waals surface area contributed by atoms with E-state index >= 15 is 0 Å². The number of sulfonamides is 1. The molecule has 0 amide bonds. The molecule has 2 aromatic carbocycles. The van der Waals surface area contributed by atoms with E-state index in [-0.39, 0.29) is 16.6 Å². The van der Waals surface area contributed by atoms with Gasteiger partial charge in [0.2, 0.25) is 10.0 Å². The molecule has 1 unspecified atom stereocenters. The average molecular weight is 363 g/mol. The van der Waals surface area contributed by atoms with Crippen LogP contribution in [-0.4, -0.2) is 32.9 Å². The lowest BCUT2D eigenvalue weighted by Gasteiger charge is -2.24. The summed E-state index contributed by atoms with van der Waals surface area (Å²) in [6, 6.07) is 13.8. The number of nitrogens with zero attached hydrogens (tertiary/aromatic N) is 1. The normalized spacial score (nSPS) is 19.4. The van der Waals surface area contributed by atoms with Crippen molar-refractivity contribution in [3.63, 3.8) is 0 Å². The molecule has 1 saturated heterocycles. The summed E-state index contributed by atoms with van der Waals surface area (Å²) in [5, 5.41) is 0. The third-order valence-electron chi connectivity index (χ3n) is 4.67. The zero-order chi connectivity index (χ0) is 17.9. The van der Waals surface area contributed by atoms with E-state index in [0.29, 0.717) is 13.1 Å². The number of halogens is 1. The summed E-state index contributed by atoms with van der Waals surface area (Å²) in [4.78, 5) is -0.0282. The minimum atomic E-state index is -3.74. The van der Waals surface area contributed by atoms with Crippen LogP contribution in [0.2, 0.25) is 0 Å². The first-order chi connectivity index (χ1) is 12.0. The Labute approximate surface area is 148 Å². The first-order valence-electron chi connectivity index (χ1n) is 8.41. The molecule has 0 spiro atoms. The van der Waals surface area contributed by atoms with Gasteiger partial charge in [0.1, 0.15) is 0 Å². The summed E-state index contributed by atoms with van der Waals surface area (Å²) >= 11 is 0. The van der Waals surface area contributed by atoms with E-state index in [1.807, 2.05) is 30.3 Å². The Morgan fingerprint density at radius 2 is 1.88 bits per heavy atom. The third-order valence-corrected chi connectivity index (χ3v) is 6.53. The van der Waals surface area contributed by atoms with Gasteiger partial charge in [-0.05, 0) is 42.5 Å². The van der Waals surface area contributed by atoms with Crippen molar-refractivity contribution >= 4 is 10.0 Å². The molecular formula is C19H22FNO3S. The Balaban J connectivity index is 1.89. The van der Waals surface area contributed by atoms with E-state index in [9.17, 15) is 12.8 Å². The van der Waals surface area contributed by atoms with Crippen molar-refractivity contribution in [3.8, 4) is 5.75 Å². The van der Waals surface area contributed by atoms with Gasteiger partial charge in [-0.2, -0.15) is 4.31 Å². The molecule has 3 rings (SSSR count). The fourth-order valence-electron chi connectivity index (χ4n) is 3.28. The SMILES string of the molecule is COc1ccc(S(=O)(=O)N2CCCCC(c3ccccc3)C2)cc1F. The predicted octanol–water partition coefficient (Wildman–Crippen LogP) is 3.79. The van der Waals surface area contributed by atoms with E-state index in [4.69, 9.17) is 4.74 Å². The molecule has 134 valence electrons. The quantitative estimate of drug-likeness (QED) is 0.830. The van der Waals surface area contributed by atoms with Crippen LogP contribution in [-0.2, 0) is 10.0 Å². The molecule has 4 nitrogen and oxygen atoms in total. The van der Waals surface area contributed by atoms with Crippen molar-refractivity contribution in [3.05, 3.63) is 59.9 Å². The molecule has 0 saturated carbocycles. The summed E-state index contributed by atoms with van der Waals surface area (Å²) in [6.45, 7) is 0.874. The zero-order valence-electron chi connectivity index (χ0n) is 14.2. The molecule has 1 fully saturated rings. The summed E-state index contributed by atoms with van der Waals surface area (Å²) < 4.78 is 46.3. The Morgan fingerprint density at radius 1 is 1.12 bits per heavy atom. The molecule has 1 aliphatic heterocycles. The van der Waals surface area contributed by atoms with Crippen LogP contribution in [0.3, 0.4) is 0 Å². The molecule has 0 N–H and O–H groups in total. The van der Waals surface area contributed by atoms with Crippen molar-refractivity contribution in [1.82, 2.24) is 4.31 Å². The topological polar surface area (TPSA) is 46.6 Å². The van der Waals surface area contributed by atoms with Gasteiger partial charge in [-0.1, -0.05) is 36.8 Å². The summed E-state index contributed by atoms with van der Waals surface area (Å²) in [5.41, 5.74) is 1.14. The standard InChI is InChI=1S/C19H22FNO3S/c1-24-19-11-10-17(13-18(19)20)25(22,23)21-12-6-5-9-16(14-21)15-7-3-2-4-8-15/h2-4,7-8,10-11,13,16H,5-6,9,12,14H2,1H3. The minimum absolute atomic E-state index is 0.0282. The highest BCUT2D eigenvalue weighted by Gasteiger charge is 2.30. The highest BCUT2D eigenvalue weighted by Crippen LogP contribution is 2.30. The lowest BCUT2D eigenvalue weighted by molar-refractivity contribution is 0.384. The van der Waals surface area contributed by atoms with Gasteiger partial charge in [0.15, 0.2) is 11.6 Å². The Morgan fingerprint density at radius 3 is 2.56 bits per heavy atom. The number of benzene rings is 2. The monoisotopic (exact) mass is 363 g/mol. The van der Waals surface area contributed by atoms with Crippen LogP contribution in [0.4, 0.5) is 4.39 Å². The fourth-order valence-corrected chi connectivity index (χ4v) is 4.82. The van der Waals surface area contributed by atoms with Crippen LogP contribution in [0.15, 0.2) is 53.4 Å². The van der Waals surface area contributed by atoms with Crippen LogP contribution in [0, 0.1) is 5.82 Å². The Bertz CT molecular complexity index is 824. The molecule has 0 radical (unpaired) electrons. The molecule has 0 aliphatic carbocycles. The van der Waals surface area contributed by atoms with E-state index in [2.05, 4.69) is 0 Å². The highest BCUT2D eigenvalue weighted by molar-refractivity contribution is 7.89. The van der Waals surface area contributed by atoms with Crippen molar-refractivity contribution in [2.24, 2.45) is 0 Å². The van der Waals surface area contributed by atoms with Crippen molar-refractivity contribution in [2.45, 2.75) is 30.1 Å². The molecular weight excluding hydrogens is 341 g/mol. The fraction of sp³-hybridized carbons (Fsp3) is 0.368. The van der Waals surface area contributed by atoms with Crippen molar-refractivity contribution < 1.29 is 17.5 Å². The van der Waals surface area contributed by atoms with E-state index in [1.54, 1.807) is 0 Å². The van der Waals surface area contributed by atoms with E-state index in [1.165, 1.54) is 23.5 Å². The maximum absolute atomic E-state index is 14.0. The van der Waals surface area contributed by atoms with Crippen LogP contribution >= 0.6 is 0 Å². The van der Waals surface area contributed by atoms with Gasteiger partial charge in [0, 0.05) is 13.1 Å². The zero-order valence-corrected chi connectivity index (χ0v) is 15.0. The summed E-state index contributed by atoms with van der Waals surface area (Å²) in [5.74, 6) is -0.475. The molecule has 1 heterocycles. The number of hydrogen-bond acceptors (Lipinski definition) is 3. The van der Waals surface area contributed by atoms with Crippen LogP contribution in [0.5, 0.6) is 5.75 Å². The second-order valence-electron chi connectivity index (χ2n) is 6.26. The highest BCUT2D eigenvalue weighted by atomic mass is 32.2. The Hall–Kier alpha value is -1.92. The van der Waals surface area contributed by atoms with Gasteiger partial charge < -0.3 is 4.74 Å². The maximum atomic E-state index is 14.0. The number of methoxy groups -OCH3 is 1. The number of rotatable bonds is 4. The van der Waals surface area contributed by atoms with E-state index in [0.717, 1.165) is 30.9 Å². The van der Waals surface area contributed by atoms with Gasteiger partial charge in [-0.3, -0.25) is 0 Å². The van der Waals surface area contributed by atoms with Gasteiger partial charge >= 0.3 is 0 Å². The lowest BCUT2D eigenvalue weighted by atomic mass is 9.95. The molecule has 6 heteroatoms. The van der Waals surface area contributed by atoms with Gasteiger partial charge in [0.05, 0.1) is 12.0 Å². The summed E-state index contributed by atoms with van der Waals surface area (Å²) in [7, 11) is -2.38. The van der Waals surface area contributed by atoms with Gasteiger partial charge in [-0.25, -0.2) is 12.8 Å². The molecule has 25 heavy (non-hydrogen) atoms. The third kappa shape index (κ3) is 3.85. The van der Waals surface area contributed by atoms with Crippen molar-refractivity contribution in [1.29, 1.82) is 0 Å². The first kappa shape index (κ1) is 17.9. The molecule has 0 bridgehead atoms. The smallest absolute Gasteiger partial charge is 0.243 e. The van der Waals surface area contributed by atoms with Crippen LogP contribution in [0.25, 0.3) is 0 Å². The van der Waals surface area contributed by atoms with E-state index < -0.39 is 15.8 Å². The average Bonchev–Trinajstić information content (AvgIpc) is 2.89.